The van der Waals surface area contributed by atoms with Crippen molar-refractivity contribution in [2.45, 2.75) is 25.7 Å². The topological polar surface area (TPSA) is 71.9 Å². The Balaban J connectivity index is 1.52. The third-order valence-electron chi connectivity index (χ3n) is 6.22. The third-order valence-corrected chi connectivity index (χ3v) is 6.22. The van der Waals surface area contributed by atoms with Crippen molar-refractivity contribution in [2.75, 3.05) is 13.1 Å². The van der Waals surface area contributed by atoms with Crippen LogP contribution in [0.1, 0.15) is 40.4 Å². The van der Waals surface area contributed by atoms with Gasteiger partial charge in [0.1, 0.15) is 0 Å². The molecule has 6 nitrogen and oxygen atoms in total. The third kappa shape index (κ3) is 4.37. The van der Waals surface area contributed by atoms with Crippen LogP contribution in [0.25, 0.3) is 22.5 Å². The van der Waals surface area contributed by atoms with Gasteiger partial charge in [-0.05, 0) is 61.2 Å². The van der Waals surface area contributed by atoms with Gasteiger partial charge in [0.25, 0.3) is 5.91 Å². The monoisotopic (exact) mass is 435 g/mol. The van der Waals surface area contributed by atoms with Crippen LogP contribution in [0.4, 0.5) is 0 Å². The predicted octanol–water partition coefficient (Wildman–Crippen LogP) is 4.93. The molecule has 1 aromatic carbocycles. The molecule has 164 valence electrons. The highest BCUT2D eigenvalue weighted by molar-refractivity contribution is 5.95. The van der Waals surface area contributed by atoms with E-state index in [9.17, 15) is 4.79 Å². The number of rotatable bonds is 4. The summed E-state index contributed by atoms with van der Waals surface area (Å²) >= 11 is 0. The molecule has 0 saturated carbocycles. The maximum atomic E-state index is 13.3. The number of hydrogen-bond acceptors (Lipinski definition) is 5. The minimum Gasteiger partial charge on any atom is -0.338 e. The van der Waals surface area contributed by atoms with Gasteiger partial charge in [-0.2, -0.15) is 0 Å². The predicted molar refractivity (Wildman–Crippen MR) is 128 cm³/mol. The first kappa shape index (κ1) is 20.9. The highest BCUT2D eigenvalue weighted by atomic mass is 16.2. The molecule has 1 aliphatic heterocycles. The maximum Gasteiger partial charge on any atom is 0.254 e. The standard InChI is InChI=1S/C27H25N5O/c1-19-5-2-3-7-23(19)27(33)32-16-4-6-22(18-32)25-24(20-8-12-28-13-9-20)17-30-26(31-25)21-10-14-29-15-11-21/h2-3,5,7-15,17,22H,4,6,16,18H2,1H3/t22-/m0/s1. The number of pyridine rings is 2. The van der Waals surface area contributed by atoms with Gasteiger partial charge in [-0.15, -0.1) is 0 Å². The molecule has 1 saturated heterocycles. The van der Waals surface area contributed by atoms with Crippen LogP contribution in [0.2, 0.25) is 0 Å². The second-order valence-corrected chi connectivity index (χ2v) is 8.37. The van der Waals surface area contributed by atoms with E-state index >= 15 is 0 Å². The lowest BCUT2D eigenvalue weighted by atomic mass is 9.89. The Bertz CT molecular complexity index is 1260. The van der Waals surface area contributed by atoms with E-state index in [0.29, 0.717) is 12.4 Å². The number of hydrogen-bond donors (Lipinski definition) is 0. The second kappa shape index (κ2) is 9.28. The molecule has 0 radical (unpaired) electrons. The molecule has 1 aliphatic rings. The van der Waals surface area contributed by atoms with Crippen LogP contribution < -0.4 is 0 Å². The van der Waals surface area contributed by atoms with Crippen LogP contribution in [0.5, 0.6) is 0 Å². The number of carbonyl (C=O) groups is 1. The number of aromatic nitrogens is 4. The van der Waals surface area contributed by atoms with Crippen molar-refractivity contribution in [3.63, 3.8) is 0 Å². The first-order valence-corrected chi connectivity index (χ1v) is 11.2. The average molecular weight is 436 g/mol. The van der Waals surface area contributed by atoms with E-state index in [2.05, 4.69) is 15.0 Å². The first-order chi connectivity index (χ1) is 16.2. The molecular weight excluding hydrogens is 410 g/mol. The molecule has 5 rings (SSSR count). The molecule has 4 heterocycles. The van der Waals surface area contributed by atoms with Gasteiger partial charge < -0.3 is 4.90 Å². The molecule has 0 bridgehead atoms. The molecule has 6 heteroatoms. The largest absolute Gasteiger partial charge is 0.338 e. The molecule has 0 unspecified atom stereocenters. The van der Waals surface area contributed by atoms with Gasteiger partial charge >= 0.3 is 0 Å². The average Bonchev–Trinajstić information content (AvgIpc) is 2.89. The molecule has 0 aliphatic carbocycles. The zero-order valence-corrected chi connectivity index (χ0v) is 18.6. The molecule has 1 fully saturated rings. The Morgan fingerprint density at radius 2 is 1.64 bits per heavy atom. The Labute approximate surface area is 193 Å². The lowest BCUT2D eigenvalue weighted by Gasteiger charge is -2.33. The summed E-state index contributed by atoms with van der Waals surface area (Å²) in [5.74, 6) is 0.887. The number of carbonyl (C=O) groups excluding carboxylic acids is 1. The number of piperidine rings is 1. The van der Waals surface area contributed by atoms with E-state index in [-0.39, 0.29) is 11.8 Å². The number of aryl methyl sites for hydroxylation is 1. The smallest absolute Gasteiger partial charge is 0.254 e. The number of nitrogens with zero attached hydrogens (tertiary/aromatic N) is 5. The van der Waals surface area contributed by atoms with Crippen LogP contribution in [-0.4, -0.2) is 43.8 Å². The van der Waals surface area contributed by atoms with Crippen molar-refractivity contribution in [3.05, 3.63) is 96.3 Å². The zero-order valence-electron chi connectivity index (χ0n) is 18.6. The first-order valence-electron chi connectivity index (χ1n) is 11.2. The molecule has 0 N–H and O–H groups in total. The van der Waals surface area contributed by atoms with E-state index in [1.54, 1.807) is 24.8 Å². The van der Waals surface area contributed by atoms with Gasteiger partial charge in [0.05, 0.1) is 5.69 Å². The maximum absolute atomic E-state index is 13.3. The number of amides is 1. The van der Waals surface area contributed by atoms with Crippen molar-refractivity contribution >= 4 is 5.91 Å². The van der Waals surface area contributed by atoms with E-state index < -0.39 is 0 Å². The summed E-state index contributed by atoms with van der Waals surface area (Å²) in [6.07, 6.45) is 10.9. The minimum atomic E-state index is 0.0895. The molecule has 4 aromatic rings. The quantitative estimate of drug-likeness (QED) is 0.455. The van der Waals surface area contributed by atoms with E-state index in [0.717, 1.165) is 52.9 Å². The summed E-state index contributed by atoms with van der Waals surface area (Å²) in [6, 6.07) is 15.6. The lowest BCUT2D eigenvalue weighted by molar-refractivity contribution is 0.0705. The summed E-state index contributed by atoms with van der Waals surface area (Å²) in [5, 5.41) is 0. The SMILES string of the molecule is Cc1ccccc1C(=O)N1CCC[C@H](c2nc(-c3ccncc3)ncc2-c2ccncc2)C1. The molecule has 1 amide bonds. The molecule has 3 aromatic heterocycles. The highest BCUT2D eigenvalue weighted by Gasteiger charge is 2.29. The fourth-order valence-corrected chi connectivity index (χ4v) is 4.47. The van der Waals surface area contributed by atoms with Crippen molar-refractivity contribution in [1.82, 2.24) is 24.8 Å². The summed E-state index contributed by atoms with van der Waals surface area (Å²) in [5.41, 5.74) is 5.70. The van der Waals surface area contributed by atoms with E-state index in [4.69, 9.17) is 4.98 Å². The zero-order chi connectivity index (χ0) is 22.6. The Morgan fingerprint density at radius 1 is 0.939 bits per heavy atom. The van der Waals surface area contributed by atoms with Crippen LogP contribution in [0.15, 0.2) is 79.5 Å². The second-order valence-electron chi connectivity index (χ2n) is 8.37. The fraction of sp³-hybridized carbons (Fsp3) is 0.222. The van der Waals surface area contributed by atoms with Gasteiger partial charge in [0, 0.05) is 66.7 Å². The summed E-state index contributed by atoms with van der Waals surface area (Å²) in [7, 11) is 0. The normalized spacial score (nSPS) is 15.9. The van der Waals surface area contributed by atoms with E-state index in [1.807, 2.05) is 66.6 Å². The Hall–Kier alpha value is -3.93. The van der Waals surface area contributed by atoms with Crippen LogP contribution in [0.3, 0.4) is 0 Å². The summed E-state index contributed by atoms with van der Waals surface area (Å²) in [6.45, 7) is 3.39. The van der Waals surface area contributed by atoms with Crippen molar-refractivity contribution in [3.8, 4) is 22.5 Å². The van der Waals surface area contributed by atoms with Crippen molar-refractivity contribution in [1.29, 1.82) is 0 Å². The highest BCUT2D eigenvalue weighted by Crippen LogP contribution is 2.34. The molecule has 1 atom stereocenters. The van der Waals surface area contributed by atoms with Gasteiger partial charge in [-0.3, -0.25) is 14.8 Å². The van der Waals surface area contributed by atoms with Crippen molar-refractivity contribution in [2.24, 2.45) is 0 Å². The van der Waals surface area contributed by atoms with Gasteiger partial charge in [0.15, 0.2) is 5.82 Å². The molecule has 33 heavy (non-hydrogen) atoms. The molecule has 0 spiro atoms. The van der Waals surface area contributed by atoms with Crippen LogP contribution in [-0.2, 0) is 0 Å². The number of benzene rings is 1. The Kier molecular flexibility index (Phi) is 5.89. The Morgan fingerprint density at radius 3 is 2.36 bits per heavy atom. The number of likely N-dealkylation sites (tertiary alicyclic amines) is 1. The van der Waals surface area contributed by atoms with Crippen LogP contribution in [0, 0.1) is 6.92 Å². The van der Waals surface area contributed by atoms with Gasteiger partial charge in [-0.1, -0.05) is 18.2 Å². The summed E-state index contributed by atoms with van der Waals surface area (Å²) in [4.78, 5) is 33.2. The lowest BCUT2D eigenvalue weighted by Crippen LogP contribution is -2.39. The molecular formula is C27H25N5O. The van der Waals surface area contributed by atoms with Crippen LogP contribution >= 0.6 is 0 Å². The van der Waals surface area contributed by atoms with Crippen molar-refractivity contribution < 1.29 is 4.79 Å². The minimum absolute atomic E-state index is 0.0895. The van der Waals surface area contributed by atoms with E-state index in [1.165, 1.54) is 0 Å². The fourth-order valence-electron chi connectivity index (χ4n) is 4.47. The van der Waals surface area contributed by atoms with Gasteiger partial charge in [-0.25, -0.2) is 9.97 Å². The summed E-state index contributed by atoms with van der Waals surface area (Å²) < 4.78 is 0. The van der Waals surface area contributed by atoms with Gasteiger partial charge in [0.2, 0.25) is 0 Å².